The smallest absolute Gasteiger partial charge is 0.295 e. The second-order valence-corrected chi connectivity index (χ2v) is 4.80. The molecular weight excluding hydrogens is 248 g/mol. The average Bonchev–Trinajstić information content (AvgIpc) is 2.75. The number of amides is 1. The Bertz CT molecular complexity index is 587. The summed E-state index contributed by atoms with van der Waals surface area (Å²) in [5, 5.41) is 4.75. The summed E-state index contributed by atoms with van der Waals surface area (Å²) in [5.74, 6) is -1.21. The van der Waals surface area contributed by atoms with Crippen LogP contribution < -0.4 is 5.32 Å². The SMILES string of the molecule is Cc1ccc(C(=O)C(=O)Nc2nc(C)cs2)cc1. The van der Waals surface area contributed by atoms with Crippen molar-refractivity contribution in [2.24, 2.45) is 0 Å². The van der Waals surface area contributed by atoms with Crippen LogP contribution in [0.5, 0.6) is 0 Å². The van der Waals surface area contributed by atoms with Gasteiger partial charge in [0.1, 0.15) is 0 Å². The molecule has 2 aromatic rings. The third-order valence-electron chi connectivity index (χ3n) is 2.36. The van der Waals surface area contributed by atoms with Crippen LogP contribution in [0.3, 0.4) is 0 Å². The van der Waals surface area contributed by atoms with Crippen LogP contribution in [0.2, 0.25) is 0 Å². The Labute approximate surface area is 109 Å². The van der Waals surface area contributed by atoms with Crippen molar-refractivity contribution in [1.29, 1.82) is 0 Å². The number of nitrogens with zero attached hydrogens (tertiary/aromatic N) is 1. The van der Waals surface area contributed by atoms with E-state index in [1.165, 1.54) is 11.3 Å². The van der Waals surface area contributed by atoms with E-state index in [0.717, 1.165) is 11.3 Å². The summed E-state index contributed by atoms with van der Waals surface area (Å²) in [4.78, 5) is 27.6. The lowest BCUT2D eigenvalue weighted by molar-refractivity contribution is -0.112. The Balaban J connectivity index is 2.09. The molecule has 4 nitrogen and oxygen atoms in total. The molecule has 5 heteroatoms. The van der Waals surface area contributed by atoms with Gasteiger partial charge in [0.25, 0.3) is 11.7 Å². The molecule has 0 aliphatic carbocycles. The van der Waals surface area contributed by atoms with Gasteiger partial charge in [0.05, 0.1) is 5.69 Å². The molecule has 0 atom stereocenters. The molecule has 1 amide bonds. The Kier molecular flexibility index (Phi) is 3.53. The van der Waals surface area contributed by atoms with Crippen molar-refractivity contribution in [1.82, 2.24) is 4.98 Å². The van der Waals surface area contributed by atoms with Crippen LogP contribution in [0.25, 0.3) is 0 Å². The Hall–Kier alpha value is -2.01. The molecule has 0 aliphatic rings. The number of benzene rings is 1. The highest BCUT2D eigenvalue weighted by Gasteiger charge is 2.17. The summed E-state index contributed by atoms with van der Waals surface area (Å²) in [6.45, 7) is 3.75. The number of rotatable bonds is 3. The van der Waals surface area contributed by atoms with E-state index in [4.69, 9.17) is 0 Å². The molecule has 0 saturated carbocycles. The third-order valence-corrected chi connectivity index (χ3v) is 3.24. The van der Waals surface area contributed by atoms with Crippen molar-refractivity contribution < 1.29 is 9.59 Å². The molecule has 92 valence electrons. The largest absolute Gasteiger partial charge is 0.298 e. The summed E-state index contributed by atoms with van der Waals surface area (Å²) in [7, 11) is 0. The minimum atomic E-state index is -0.659. The first-order valence-corrected chi connectivity index (χ1v) is 6.28. The summed E-state index contributed by atoms with van der Waals surface area (Å²) in [6, 6.07) is 6.89. The molecule has 0 fully saturated rings. The molecule has 0 bridgehead atoms. The number of aryl methyl sites for hydroxylation is 2. The predicted octanol–water partition coefficient (Wildman–Crippen LogP) is 2.58. The zero-order valence-corrected chi connectivity index (χ0v) is 10.9. The number of hydrogen-bond donors (Lipinski definition) is 1. The first kappa shape index (κ1) is 12.4. The first-order chi connectivity index (χ1) is 8.56. The van der Waals surface area contributed by atoms with Crippen LogP contribution in [0.1, 0.15) is 21.6 Å². The Morgan fingerprint density at radius 1 is 1.17 bits per heavy atom. The fraction of sp³-hybridized carbons (Fsp3) is 0.154. The fourth-order valence-electron chi connectivity index (χ4n) is 1.40. The van der Waals surface area contributed by atoms with Crippen molar-refractivity contribution in [3.05, 3.63) is 46.5 Å². The standard InChI is InChI=1S/C13H12N2O2S/c1-8-3-5-10(6-4-8)11(16)12(17)15-13-14-9(2)7-18-13/h3-7H,1-2H3,(H,14,15,17). The average molecular weight is 260 g/mol. The Morgan fingerprint density at radius 3 is 2.39 bits per heavy atom. The van der Waals surface area contributed by atoms with Gasteiger partial charge in [0.2, 0.25) is 0 Å². The molecule has 1 heterocycles. The Morgan fingerprint density at radius 2 is 1.83 bits per heavy atom. The molecule has 0 unspecified atom stereocenters. The number of Topliss-reactive ketones (excluding diaryl/α,β-unsaturated/α-hetero) is 1. The fourth-order valence-corrected chi connectivity index (χ4v) is 2.08. The van der Waals surface area contributed by atoms with Crippen LogP contribution in [0.4, 0.5) is 5.13 Å². The van der Waals surface area contributed by atoms with Crippen molar-refractivity contribution in [2.45, 2.75) is 13.8 Å². The van der Waals surface area contributed by atoms with E-state index in [2.05, 4.69) is 10.3 Å². The number of aromatic nitrogens is 1. The lowest BCUT2D eigenvalue weighted by Gasteiger charge is -2.01. The van der Waals surface area contributed by atoms with Gasteiger partial charge in [-0.2, -0.15) is 0 Å². The number of anilines is 1. The predicted molar refractivity (Wildman–Crippen MR) is 71.0 cm³/mol. The molecule has 1 N–H and O–H groups in total. The molecular formula is C13H12N2O2S. The van der Waals surface area contributed by atoms with E-state index in [1.807, 2.05) is 19.2 Å². The van der Waals surface area contributed by atoms with Crippen molar-refractivity contribution in [3.8, 4) is 0 Å². The van der Waals surface area contributed by atoms with Crippen LogP contribution in [-0.4, -0.2) is 16.7 Å². The molecule has 1 aromatic heterocycles. The van der Waals surface area contributed by atoms with Crippen molar-refractivity contribution >= 4 is 28.2 Å². The van der Waals surface area contributed by atoms with E-state index in [1.54, 1.807) is 24.3 Å². The van der Waals surface area contributed by atoms with Crippen molar-refractivity contribution in [2.75, 3.05) is 5.32 Å². The lowest BCUT2D eigenvalue weighted by atomic mass is 10.1. The summed E-state index contributed by atoms with van der Waals surface area (Å²) < 4.78 is 0. The molecule has 2 rings (SSSR count). The maximum absolute atomic E-state index is 11.8. The van der Waals surface area contributed by atoms with Crippen molar-refractivity contribution in [3.63, 3.8) is 0 Å². The van der Waals surface area contributed by atoms with Gasteiger partial charge >= 0.3 is 0 Å². The highest BCUT2D eigenvalue weighted by Crippen LogP contribution is 2.15. The van der Waals surface area contributed by atoms with Gasteiger partial charge in [-0.05, 0) is 13.8 Å². The van der Waals surface area contributed by atoms with Gasteiger partial charge in [-0.1, -0.05) is 29.8 Å². The van der Waals surface area contributed by atoms with Gasteiger partial charge in [-0.3, -0.25) is 14.9 Å². The number of carbonyl (C=O) groups excluding carboxylic acids is 2. The molecule has 0 spiro atoms. The summed E-state index contributed by atoms with van der Waals surface area (Å²) >= 11 is 1.30. The number of nitrogens with one attached hydrogen (secondary N) is 1. The summed E-state index contributed by atoms with van der Waals surface area (Å²) in [5.41, 5.74) is 2.24. The first-order valence-electron chi connectivity index (χ1n) is 5.41. The number of ketones is 1. The monoisotopic (exact) mass is 260 g/mol. The van der Waals surface area contributed by atoms with Gasteiger partial charge in [0.15, 0.2) is 5.13 Å². The maximum atomic E-state index is 11.8. The quantitative estimate of drug-likeness (QED) is 0.681. The van der Waals surface area contributed by atoms with Crippen LogP contribution in [-0.2, 0) is 4.79 Å². The second-order valence-electron chi connectivity index (χ2n) is 3.94. The van der Waals surface area contributed by atoms with Gasteiger partial charge in [0, 0.05) is 10.9 Å². The lowest BCUT2D eigenvalue weighted by Crippen LogP contribution is -2.22. The highest BCUT2D eigenvalue weighted by molar-refractivity contribution is 7.14. The zero-order valence-electron chi connectivity index (χ0n) is 10.1. The van der Waals surface area contributed by atoms with Gasteiger partial charge < -0.3 is 0 Å². The van der Waals surface area contributed by atoms with Gasteiger partial charge in [-0.15, -0.1) is 11.3 Å². The van der Waals surface area contributed by atoms with E-state index in [-0.39, 0.29) is 0 Å². The normalized spacial score (nSPS) is 10.1. The minimum absolute atomic E-state index is 0.381. The molecule has 1 aromatic carbocycles. The molecule has 0 radical (unpaired) electrons. The minimum Gasteiger partial charge on any atom is -0.295 e. The molecule has 0 saturated heterocycles. The number of hydrogen-bond acceptors (Lipinski definition) is 4. The molecule has 0 aliphatic heterocycles. The summed E-state index contributed by atoms with van der Waals surface area (Å²) in [6.07, 6.45) is 0. The third kappa shape index (κ3) is 2.81. The van der Waals surface area contributed by atoms with E-state index >= 15 is 0 Å². The van der Waals surface area contributed by atoms with E-state index in [0.29, 0.717) is 10.7 Å². The highest BCUT2D eigenvalue weighted by atomic mass is 32.1. The van der Waals surface area contributed by atoms with Crippen LogP contribution in [0.15, 0.2) is 29.6 Å². The van der Waals surface area contributed by atoms with Crippen LogP contribution >= 0.6 is 11.3 Å². The second kappa shape index (κ2) is 5.10. The van der Waals surface area contributed by atoms with Gasteiger partial charge in [-0.25, -0.2) is 4.98 Å². The number of carbonyl (C=O) groups is 2. The number of thiazole rings is 1. The zero-order chi connectivity index (χ0) is 13.1. The maximum Gasteiger partial charge on any atom is 0.298 e. The van der Waals surface area contributed by atoms with E-state index in [9.17, 15) is 9.59 Å². The molecule has 18 heavy (non-hydrogen) atoms. The topological polar surface area (TPSA) is 59.1 Å². The van der Waals surface area contributed by atoms with Crippen LogP contribution in [0, 0.1) is 13.8 Å². The van der Waals surface area contributed by atoms with E-state index < -0.39 is 11.7 Å².